The molecule has 8 heteroatoms. The monoisotopic (exact) mass is 318 g/mol. The van der Waals surface area contributed by atoms with Crippen LogP contribution >= 0.6 is 0 Å². The van der Waals surface area contributed by atoms with Crippen molar-refractivity contribution in [3.05, 3.63) is 6.33 Å². The third-order valence-corrected chi connectivity index (χ3v) is 3.53. The summed E-state index contributed by atoms with van der Waals surface area (Å²) in [4.78, 5) is 29.7. The van der Waals surface area contributed by atoms with Crippen LogP contribution in [0.2, 0.25) is 0 Å². The summed E-state index contributed by atoms with van der Waals surface area (Å²) >= 11 is 0. The van der Waals surface area contributed by atoms with Gasteiger partial charge in [-0.3, -0.25) is 4.79 Å². The van der Waals surface area contributed by atoms with Crippen LogP contribution < -0.4 is 10.2 Å². The number of fused-ring (bicyclic) bond motifs is 1. The van der Waals surface area contributed by atoms with E-state index in [0.29, 0.717) is 18.1 Å². The van der Waals surface area contributed by atoms with Crippen LogP contribution in [-0.2, 0) is 9.53 Å². The van der Waals surface area contributed by atoms with Crippen molar-refractivity contribution in [2.24, 2.45) is 0 Å². The van der Waals surface area contributed by atoms with Gasteiger partial charge in [-0.2, -0.15) is 9.97 Å². The lowest BCUT2D eigenvalue weighted by Crippen LogP contribution is -2.29. The largest absolute Gasteiger partial charge is 0.461 e. The van der Waals surface area contributed by atoms with Crippen molar-refractivity contribution in [2.45, 2.75) is 45.8 Å². The van der Waals surface area contributed by atoms with Gasteiger partial charge in [0.05, 0.1) is 12.9 Å². The van der Waals surface area contributed by atoms with Crippen LogP contribution in [0, 0.1) is 0 Å². The molecule has 1 fully saturated rings. The molecule has 8 nitrogen and oxygen atoms in total. The normalized spacial score (nSPS) is 18.4. The van der Waals surface area contributed by atoms with Crippen LogP contribution in [0.1, 0.15) is 34.1 Å². The first-order chi connectivity index (χ1) is 10.8. The number of nitrogens with zero attached hydrogens (tertiary/aromatic N) is 4. The second-order valence-electron chi connectivity index (χ2n) is 6.81. The molecular formula is C15H22N6O2. The Balaban J connectivity index is 1.90. The SMILES string of the molecule is CC(=O)OC1CCN(c2nc(NC(C)(C)C)nc3nc[nH]c23)C1. The number of hydrogen-bond donors (Lipinski definition) is 2. The number of carbonyl (C=O) groups is 1. The number of nitrogens with one attached hydrogen (secondary N) is 2. The van der Waals surface area contributed by atoms with Crippen molar-refractivity contribution < 1.29 is 9.53 Å². The number of aromatic nitrogens is 4. The molecule has 3 rings (SSSR count). The van der Waals surface area contributed by atoms with Crippen LogP contribution in [0.3, 0.4) is 0 Å². The zero-order valence-electron chi connectivity index (χ0n) is 13.9. The summed E-state index contributed by atoms with van der Waals surface area (Å²) in [6.07, 6.45) is 2.31. The minimum absolute atomic E-state index is 0.0977. The fourth-order valence-electron chi connectivity index (χ4n) is 2.69. The Hall–Kier alpha value is -2.38. The van der Waals surface area contributed by atoms with Crippen molar-refractivity contribution in [2.75, 3.05) is 23.3 Å². The van der Waals surface area contributed by atoms with E-state index < -0.39 is 0 Å². The molecule has 2 aromatic heterocycles. The van der Waals surface area contributed by atoms with Crippen molar-refractivity contribution in [3.63, 3.8) is 0 Å². The van der Waals surface area contributed by atoms with Gasteiger partial charge in [-0.05, 0) is 20.8 Å². The topological polar surface area (TPSA) is 96.0 Å². The summed E-state index contributed by atoms with van der Waals surface area (Å²) in [5.41, 5.74) is 1.28. The molecule has 1 aliphatic heterocycles. The van der Waals surface area contributed by atoms with Crippen LogP contribution in [0.15, 0.2) is 6.33 Å². The molecular weight excluding hydrogens is 296 g/mol. The van der Waals surface area contributed by atoms with Crippen LogP contribution in [0.4, 0.5) is 11.8 Å². The Labute approximate surface area is 134 Å². The average Bonchev–Trinajstić information content (AvgIpc) is 3.03. The second kappa shape index (κ2) is 5.68. The predicted molar refractivity (Wildman–Crippen MR) is 87.4 cm³/mol. The molecule has 1 saturated heterocycles. The van der Waals surface area contributed by atoms with E-state index in [1.54, 1.807) is 6.33 Å². The molecule has 0 spiro atoms. The highest BCUT2D eigenvalue weighted by Crippen LogP contribution is 2.27. The molecule has 3 heterocycles. The highest BCUT2D eigenvalue weighted by molar-refractivity contribution is 5.84. The Morgan fingerprint density at radius 3 is 2.91 bits per heavy atom. The highest BCUT2D eigenvalue weighted by atomic mass is 16.5. The zero-order chi connectivity index (χ0) is 16.6. The molecule has 0 bridgehead atoms. The molecule has 124 valence electrons. The number of H-pyrrole nitrogens is 1. The summed E-state index contributed by atoms with van der Waals surface area (Å²) in [7, 11) is 0. The average molecular weight is 318 g/mol. The first-order valence-electron chi connectivity index (χ1n) is 7.73. The lowest BCUT2D eigenvalue weighted by atomic mass is 10.1. The van der Waals surface area contributed by atoms with E-state index in [2.05, 4.69) is 50.9 Å². The summed E-state index contributed by atoms with van der Waals surface area (Å²) < 4.78 is 5.30. The van der Waals surface area contributed by atoms with Gasteiger partial charge in [0, 0.05) is 25.4 Å². The number of anilines is 2. The number of carbonyl (C=O) groups excluding carboxylic acids is 1. The fourth-order valence-corrected chi connectivity index (χ4v) is 2.69. The molecule has 2 aromatic rings. The minimum Gasteiger partial charge on any atom is -0.461 e. The van der Waals surface area contributed by atoms with Crippen LogP contribution in [0.25, 0.3) is 11.2 Å². The number of esters is 1. The number of aromatic amines is 1. The zero-order valence-corrected chi connectivity index (χ0v) is 13.9. The van der Waals surface area contributed by atoms with Gasteiger partial charge in [0.1, 0.15) is 11.6 Å². The van der Waals surface area contributed by atoms with E-state index in [1.807, 2.05) is 0 Å². The maximum atomic E-state index is 11.1. The number of ether oxygens (including phenoxy) is 1. The summed E-state index contributed by atoms with van der Waals surface area (Å²) in [5, 5.41) is 3.28. The van der Waals surface area contributed by atoms with Gasteiger partial charge in [-0.1, -0.05) is 0 Å². The molecule has 0 aromatic carbocycles. The van der Waals surface area contributed by atoms with E-state index in [-0.39, 0.29) is 17.6 Å². The summed E-state index contributed by atoms with van der Waals surface area (Å²) in [6, 6.07) is 0. The van der Waals surface area contributed by atoms with Crippen molar-refractivity contribution >= 4 is 28.9 Å². The summed E-state index contributed by atoms with van der Waals surface area (Å²) in [6.45, 7) is 9.00. The van der Waals surface area contributed by atoms with E-state index >= 15 is 0 Å². The van der Waals surface area contributed by atoms with Crippen molar-refractivity contribution in [1.29, 1.82) is 0 Å². The van der Waals surface area contributed by atoms with Gasteiger partial charge in [-0.25, -0.2) is 4.98 Å². The first-order valence-corrected chi connectivity index (χ1v) is 7.73. The Kier molecular flexibility index (Phi) is 3.83. The number of hydrogen-bond acceptors (Lipinski definition) is 7. The number of rotatable bonds is 3. The Bertz CT molecular complexity index is 720. The van der Waals surface area contributed by atoms with Gasteiger partial charge in [-0.15, -0.1) is 0 Å². The molecule has 0 saturated carbocycles. The van der Waals surface area contributed by atoms with E-state index in [0.717, 1.165) is 24.3 Å². The van der Waals surface area contributed by atoms with Gasteiger partial charge in [0.2, 0.25) is 5.95 Å². The minimum atomic E-state index is -0.249. The maximum absolute atomic E-state index is 11.1. The van der Waals surface area contributed by atoms with Crippen LogP contribution in [0.5, 0.6) is 0 Å². The predicted octanol–water partition coefficient (Wildman–Crippen LogP) is 1.71. The smallest absolute Gasteiger partial charge is 0.302 e. The van der Waals surface area contributed by atoms with E-state index in [9.17, 15) is 4.79 Å². The van der Waals surface area contributed by atoms with Crippen molar-refractivity contribution in [3.8, 4) is 0 Å². The Morgan fingerprint density at radius 2 is 2.22 bits per heavy atom. The van der Waals surface area contributed by atoms with Crippen LogP contribution in [-0.4, -0.2) is 50.6 Å². The highest BCUT2D eigenvalue weighted by Gasteiger charge is 2.28. The second-order valence-corrected chi connectivity index (χ2v) is 6.81. The molecule has 2 N–H and O–H groups in total. The summed E-state index contributed by atoms with van der Waals surface area (Å²) in [5.74, 6) is 1.08. The molecule has 0 amide bonds. The molecule has 1 aliphatic rings. The Morgan fingerprint density at radius 1 is 1.43 bits per heavy atom. The standard InChI is InChI=1S/C15H22N6O2/c1-9(22)23-10-5-6-21(7-10)13-11-12(17-8-16-11)18-14(19-13)20-15(2,3)4/h8,10H,5-7H2,1-4H3,(H2,16,17,18,19,20). The third kappa shape index (κ3) is 3.52. The first kappa shape index (κ1) is 15.5. The quantitative estimate of drug-likeness (QED) is 0.832. The van der Waals surface area contributed by atoms with Gasteiger partial charge < -0.3 is 19.9 Å². The number of imidazole rings is 1. The fraction of sp³-hybridized carbons (Fsp3) is 0.600. The molecule has 0 radical (unpaired) electrons. The van der Waals surface area contributed by atoms with E-state index in [1.165, 1.54) is 6.92 Å². The van der Waals surface area contributed by atoms with Gasteiger partial charge >= 0.3 is 5.97 Å². The van der Waals surface area contributed by atoms with Crippen molar-refractivity contribution in [1.82, 2.24) is 19.9 Å². The molecule has 1 atom stereocenters. The maximum Gasteiger partial charge on any atom is 0.302 e. The lowest BCUT2D eigenvalue weighted by molar-refractivity contribution is -0.145. The van der Waals surface area contributed by atoms with E-state index in [4.69, 9.17) is 4.74 Å². The molecule has 23 heavy (non-hydrogen) atoms. The van der Waals surface area contributed by atoms with Gasteiger partial charge in [0.25, 0.3) is 0 Å². The lowest BCUT2D eigenvalue weighted by Gasteiger charge is -2.23. The molecule has 1 unspecified atom stereocenters. The van der Waals surface area contributed by atoms with Gasteiger partial charge in [0.15, 0.2) is 11.5 Å². The molecule has 0 aliphatic carbocycles. The third-order valence-electron chi connectivity index (χ3n) is 3.53.